The predicted octanol–water partition coefficient (Wildman–Crippen LogP) is 3.26. The zero-order valence-corrected chi connectivity index (χ0v) is 11.8. The molecule has 1 unspecified atom stereocenters. The number of aromatic nitrogens is 2. The van der Waals surface area contributed by atoms with Crippen molar-refractivity contribution in [2.45, 2.75) is 19.4 Å². The Morgan fingerprint density at radius 1 is 1.30 bits per heavy atom. The van der Waals surface area contributed by atoms with Crippen molar-refractivity contribution in [1.82, 2.24) is 9.97 Å². The molecule has 0 fully saturated rings. The second-order valence-corrected chi connectivity index (χ2v) is 6.20. The molecule has 5 heteroatoms. The molecule has 0 radical (unpaired) electrons. The van der Waals surface area contributed by atoms with Crippen LogP contribution in [-0.4, -0.2) is 9.97 Å². The molecular formula is C15H13N3OS. The molecule has 4 rings (SSSR count). The molecule has 0 amide bonds. The van der Waals surface area contributed by atoms with Gasteiger partial charge in [-0.15, -0.1) is 11.3 Å². The van der Waals surface area contributed by atoms with Crippen molar-refractivity contribution in [1.29, 1.82) is 0 Å². The standard InChI is InChI=1S/C15H13N3OS/c1-8-6-10-13(16)17-14(18-15(10)20-8)12-7-9-4-2-3-5-11(9)19-12/h2-6,12H,7H2,1H3,(H2,16,17,18). The molecule has 1 aromatic carbocycles. The number of nitrogens with zero attached hydrogens (tertiary/aromatic N) is 2. The molecule has 3 aromatic rings. The van der Waals surface area contributed by atoms with E-state index in [0.29, 0.717) is 11.6 Å². The molecule has 0 spiro atoms. The Morgan fingerprint density at radius 2 is 2.15 bits per heavy atom. The van der Waals surface area contributed by atoms with Gasteiger partial charge in [0.15, 0.2) is 11.9 Å². The Bertz CT molecular complexity index is 787. The van der Waals surface area contributed by atoms with Crippen LogP contribution in [-0.2, 0) is 6.42 Å². The van der Waals surface area contributed by atoms with Gasteiger partial charge in [-0.25, -0.2) is 9.97 Å². The molecule has 0 aliphatic carbocycles. The third-order valence-corrected chi connectivity index (χ3v) is 4.44. The molecule has 4 nitrogen and oxygen atoms in total. The minimum absolute atomic E-state index is 0.137. The summed E-state index contributed by atoms with van der Waals surface area (Å²) >= 11 is 1.64. The largest absolute Gasteiger partial charge is 0.482 e. The Balaban J connectivity index is 1.77. The van der Waals surface area contributed by atoms with Gasteiger partial charge in [-0.3, -0.25) is 0 Å². The minimum atomic E-state index is -0.137. The van der Waals surface area contributed by atoms with E-state index in [-0.39, 0.29) is 6.10 Å². The summed E-state index contributed by atoms with van der Waals surface area (Å²) in [5.74, 6) is 2.13. The molecule has 2 aromatic heterocycles. The van der Waals surface area contributed by atoms with E-state index in [9.17, 15) is 0 Å². The second-order valence-electron chi connectivity index (χ2n) is 4.96. The Morgan fingerprint density at radius 3 is 3.00 bits per heavy atom. The van der Waals surface area contributed by atoms with Crippen molar-refractivity contribution in [2.75, 3.05) is 5.73 Å². The molecule has 1 aliphatic rings. The van der Waals surface area contributed by atoms with Crippen LogP contribution in [0.15, 0.2) is 30.3 Å². The zero-order chi connectivity index (χ0) is 13.7. The average molecular weight is 283 g/mol. The third-order valence-electron chi connectivity index (χ3n) is 3.50. The van der Waals surface area contributed by atoms with Gasteiger partial charge in [-0.2, -0.15) is 0 Å². The summed E-state index contributed by atoms with van der Waals surface area (Å²) in [6.45, 7) is 2.05. The number of hydrogen-bond acceptors (Lipinski definition) is 5. The summed E-state index contributed by atoms with van der Waals surface area (Å²) in [6.07, 6.45) is 0.660. The first kappa shape index (κ1) is 11.7. The van der Waals surface area contributed by atoms with E-state index in [0.717, 1.165) is 22.4 Å². The van der Waals surface area contributed by atoms with Gasteiger partial charge in [0.1, 0.15) is 16.4 Å². The first-order valence-electron chi connectivity index (χ1n) is 6.49. The van der Waals surface area contributed by atoms with E-state index in [4.69, 9.17) is 10.5 Å². The van der Waals surface area contributed by atoms with Crippen molar-refractivity contribution in [3.05, 3.63) is 46.6 Å². The van der Waals surface area contributed by atoms with E-state index in [1.54, 1.807) is 11.3 Å². The SMILES string of the molecule is Cc1cc2c(N)nc(C3Cc4ccccc4O3)nc2s1. The lowest BCUT2D eigenvalue weighted by molar-refractivity contribution is 0.228. The van der Waals surface area contributed by atoms with E-state index in [1.165, 1.54) is 10.4 Å². The number of rotatable bonds is 1. The predicted molar refractivity (Wildman–Crippen MR) is 80.1 cm³/mol. The van der Waals surface area contributed by atoms with Gasteiger partial charge in [0, 0.05) is 11.3 Å². The molecule has 3 heterocycles. The fourth-order valence-electron chi connectivity index (χ4n) is 2.55. The van der Waals surface area contributed by atoms with Gasteiger partial charge in [0.25, 0.3) is 0 Å². The van der Waals surface area contributed by atoms with Crippen LogP contribution in [0.5, 0.6) is 5.75 Å². The van der Waals surface area contributed by atoms with Crippen LogP contribution < -0.4 is 10.5 Å². The van der Waals surface area contributed by atoms with Crippen molar-refractivity contribution < 1.29 is 4.74 Å². The van der Waals surface area contributed by atoms with Crippen molar-refractivity contribution >= 4 is 27.4 Å². The Hall–Kier alpha value is -2.14. The minimum Gasteiger partial charge on any atom is -0.482 e. The molecular weight excluding hydrogens is 270 g/mol. The van der Waals surface area contributed by atoms with E-state index in [1.807, 2.05) is 31.2 Å². The number of aryl methyl sites for hydroxylation is 1. The maximum absolute atomic E-state index is 6.04. The van der Waals surface area contributed by atoms with Crippen molar-refractivity contribution in [2.24, 2.45) is 0 Å². The van der Waals surface area contributed by atoms with Gasteiger partial charge in [0.05, 0.1) is 5.39 Å². The van der Waals surface area contributed by atoms with Gasteiger partial charge in [-0.05, 0) is 24.6 Å². The number of fused-ring (bicyclic) bond motifs is 2. The van der Waals surface area contributed by atoms with Crippen LogP contribution in [0.2, 0.25) is 0 Å². The number of nitrogens with two attached hydrogens (primary N) is 1. The number of benzene rings is 1. The first-order chi connectivity index (χ1) is 9.70. The maximum atomic E-state index is 6.04. The molecule has 0 bridgehead atoms. The summed E-state index contributed by atoms with van der Waals surface area (Å²) in [6, 6.07) is 10.1. The van der Waals surface area contributed by atoms with Crippen LogP contribution in [0.4, 0.5) is 5.82 Å². The summed E-state index contributed by atoms with van der Waals surface area (Å²) in [5, 5.41) is 0.937. The monoisotopic (exact) mass is 283 g/mol. The van der Waals surface area contributed by atoms with Crippen molar-refractivity contribution in [3.63, 3.8) is 0 Å². The van der Waals surface area contributed by atoms with Gasteiger partial charge < -0.3 is 10.5 Å². The summed E-state index contributed by atoms with van der Waals surface area (Å²) in [7, 11) is 0. The number of nitrogen functional groups attached to an aromatic ring is 1. The van der Waals surface area contributed by atoms with E-state index < -0.39 is 0 Å². The van der Waals surface area contributed by atoms with Crippen LogP contribution in [0.1, 0.15) is 22.4 Å². The van der Waals surface area contributed by atoms with E-state index in [2.05, 4.69) is 16.0 Å². The highest BCUT2D eigenvalue weighted by atomic mass is 32.1. The van der Waals surface area contributed by atoms with Gasteiger partial charge in [-0.1, -0.05) is 18.2 Å². The molecule has 2 N–H and O–H groups in total. The zero-order valence-electron chi connectivity index (χ0n) is 11.0. The van der Waals surface area contributed by atoms with Crippen molar-refractivity contribution in [3.8, 4) is 5.75 Å². The molecule has 100 valence electrons. The second kappa shape index (κ2) is 4.18. The fourth-order valence-corrected chi connectivity index (χ4v) is 3.45. The summed E-state index contributed by atoms with van der Waals surface area (Å²) in [4.78, 5) is 11.2. The number of ether oxygens (including phenoxy) is 1. The molecule has 20 heavy (non-hydrogen) atoms. The quantitative estimate of drug-likeness (QED) is 0.744. The lowest BCUT2D eigenvalue weighted by atomic mass is 10.1. The summed E-state index contributed by atoms with van der Waals surface area (Å²) < 4.78 is 5.93. The van der Waals surface area contributed by atoms with Crippen LogP contribution >= 0.6 is 11.3 Å². The van der Waals surface area contributed by atoms with Crippen LogP contribution in [0, 0.1) is 6.92 Å². The summed E-state index contributed by atoms with van der Waals surface area (Å²) in [5.41, 5.74) is 7.24. The van der Waals surface area contributed by atoms with E-state index >= 15 is 0 Å². The molecule has 1 aliphatic heterocycles. The first-order valence-corrected chi connectivity index (χ1v) is 7.30. The highest BCUT2D eigenvalue weighted by Crippen LogP contribution is 2.36. The lowest BCUT2D eigenvalue weighted by Crippen LogP contribution is -2.09. The topological polar surface area (TPSA) is 61.0 Å². The van der Waals surface area contributed by atoms with Crippen LogP contribution in [0.25, 0.3) is 10.2 Å². The average Bonchev–Trinajstić information content (AvgIpc) is 3.01. The molecule has 1 atom stereocenters. The van der Waals surface area contributed by atoms with Gasteiger partial charge >= 0.3 is 0 Å². The third kappa shape index (κ3) is 1.74. The highest BCUT2D eigenvalue weighted by molar-refractivity contribution is 7.18. The van der Waals surface area contributed by atoms with Crippen LogP contribution in [0.3, 0.4) is 0 Å². The maximum Gasteiger partial charge on any atom is 0.173 e. The number of thiophene rings is 1. The number of para-hydroxylation sites is 1. The number of anilines is 1. The fraction of sp³-hybridized carbons (Fsp3) is 0.200. The normalized spacial score (nSPS) is 17.1. The lowest BCUT2D eigenvalue weighted by Gasteiger charge is -2.09. The Labute approximate surface area is 120 Å². The van der Waals surface area contributed by atoms with Gasteiger partial charge in [0.2, 0.25) is 0 Å². The molecule has 0 saturated carbocycles. The highest BCUT2D eigenvalue weighted by Gasteiger charge is 2.27. The number of hydrogen-bond donors (Lipinski definition) is 1. The smallest absolute Gasteiger partial charge is 0.173 e. The molecule has 0 saturated heterocycles. The Kier molecular flexibility index (Phi) is 2.44.